The molecule has 0 spiro atoms. The lowest BCUT2D eigenvalue weighted by Crippen LogP contribution is -2.13. The molecule has 0 unspecified atom stereocenters. The highest BCUT2D eigenvalue weighted by molar-refractivity contribution is 6.31. The number of Topliss-reactive ketones (excluding diaryl/α,β-unsaturated/α-hetero) is 1. The van der Waals surface area contributed by atoms with Crippen LogP contribution in [0.3, 0.4) is 0 Å². The maximum atomic E-state index is 11.2. The fraction of sp³-hybridized carbons (Fsp3) is 0.222. The molecule has 0 fully saturated rings. The summed E-state index contributed by atoms with van der Waals surface area (Å²) in [5.41, 5.74) is 1.06. The van der Waals surface area contributed by atoms with E-state index in [2.05, 4.69) is 0 Å². The van der Waals surface area contributed by atoms with Crippen LogP contribution in [0.2, 0.25) is 5.02 Å². The van der Waals surface area contributed by atoms with E-state index in [1.165, 1.54) is 6.07 Å². The minimum Gasteiger partial charge on any atom is -0.287 e. The van der Waals surface area contributed by atoms with Crippen LogP contribution in [0.4, 0.5) is 0 Å². The van der Waals surface area contributed by atoms with Gasteiger partial charge >= 0.3 is 0 Å². The molecule has 0 N–H and O–H groups in total. The lowest BCUT2D eigenvalue weighted by molar-refractivity contribution is -0.465. The van der Waals surface area contributed by atoms with Gasteiger partial charge in [0.25, 0.3) is 6.54 Å². The van der Waals surface area contributed by atoms with Crippen LogP contribution in [0, 0.1) is 17.0 Å². The molecule has 5 heteroatoms. The van der Waals surface area contributed by atoms with E-state index in [0.717, 1.165) is 5.56 Å². The van der Waals surface area contributed by atoms with Crippen LogP contribution in [0.5, 0.6) is 0 Å². The molecule has 0 aromatic heterocycles. The second kappa shape index (κ2) is 4.19. The Kier molecular flexibility index (Phi) is 3.19. The van der Waals surface area contributed by atoms with Crippen molar-refractivity contribution in [3.8, 4) is 0 Å². The average molecular weight is 214 g/mol. The van der Waals surface area contributed by atoms with Crippen molar-refractivity contribution >= 4 is 17.4 Å². The van der Waals surface area contributed by atoms with Crippen LogP contribution in [0.1, 0.15) is 15.9 Å². The topological polar surface area (TPSA) is 60.2 Å². The predicted octanol–water partition coefficient (Wildman–Crippen LogP) is 2.11. The molecular weight excluding hydrogens is 206 g/mol. The highest BCUT2D eigenvalue weighted by Gasteiger charge is 2.12. The molecule has 0 atom stereocenters. The minimum absolute atomic E-state index is 0.323. The SMILES string of the molecule is Cc1cc(C(=O)C[N+](=O)[O-])ccc1Cl. The van der Waals surface area contributed by atoms with Crippen LogP contribution in [0.25, 0.3) is 0 Å². The van der Waals surface area contributed by atoms with Gasteiger partial charge < -0.3 is 0 Å². The Morgan fingerprint density at radius 1 is 1.57 bits per heavy atom. The molecule has 4 nitrogen and oxygen atoms in total. The molecule has 1 rings (SSSR count). The van der Waals surface area contributed by atoms with Crippen molar-refractivity contribution in [2.45, 2.75) is 6.92 Å². The Morgan fingerprint density at radius 3 is 2.71 bits per heavy atom. The van der Waals surface area contributed by atoms with Crippen molar-refractivity contribution in [2.24, 2.45) is 0 Å². The number of nitro groups is 1. The zero-order valence-electron chi connectivity index (χ0n) is 7.49. The van der Waals surface area contributed by atoms with Crippen molar-refractivity contribution in [1.29, 1.82) is 0 Å². The molecule has 74 valence electrons. The normalized spacial score (nSPS) is 9.86. The van der Waals surface area contributed by atoms with E-state index in [9.17, 15) is 14.9 Å². The van der Waals surface area contributed by atoms with Crippen molar-refractivity contribution in [2.75, 3.05) is 6.54 Å². The first-order chi connectivity index (χ1) is 6.50. The van der Waals surface area contributed by atoms with Gasteiger partial charge in [0.15, 0.2) is 0 Å². The molecule has 0 aliphatic rings. The van der Waals surface area contributed by atoms with Crippen LogP contribution < -0.4 is 0 Å². The molecule has 0 bridgehead atoms. The summed E-state index contributed by atoms with van der Waals surface area (Å²) >= 11 is 5.75. The Labute approximate surface area is 85.6 Å². The number of benzene rings is 1. The van der Waals surface area contributed by atoms with E-state index in [1.54, 1.807) is 19.1 Å². The number of ketones is 1. The summed E-state index contributed by atoms with van der Waals surface area (Å²) in [7, 11) is 0. The molecule has 0 aliphatic carbocycles. The Morgan fingerprint density at radius 2 is 2.21 bits per heavy atom. The van der Waals surface area contributed by atoms with E-state index in [1.807, 2.05) is 0 Å². The van der Waals surface area contributed by atoms with Crippen molar-refractivity contribution in [3.63, 3.8) is 0 Å². The maximum Gasteiger partial charge on any atom is 0.265 e. The van der Waals surface area contributed by atoms with Crippen LogP contribution in [-0.4, -0.2) is 17.3 Å². The summed E-state index contributed by atoms with van der Waals surface area (Å²) in [4.78, 5) is 20.7. The highest BCUT2D eigenvalue weighted by Crippen LogP contribution is 2.16. The lowest BCUT2D eigenvalue weighted by atomic mass is 10.1. The fourth-order valence-electron chi connectivity index (χ4n) is 1.03. The number of carbonyl (C=O) groups excluding carboxylic acids is 1. The van der Waals surface area contributed by atoms with Gasteiger partial charge in [0, 0.05) is 15.5 Å². The van der Waals surface area contributed by atoms with Crippen molar-refractivity contribution in [3.05, 3.63) is 44.5 Å². The largest absolute Gasteiger partial charge is 0.287 e. The first kappa shape index (κ1) is 10.7. The molecule has 14 heavy (non-hydrogen) atoms. The smallest absolute Gasteiger partial charge is 0.265 e. The molecule has 0 amide bonds. The van der Waals surface area contributed by atoms with Crippen LogP contribution in [-0.2, 0) is 0 Å². The van der Waals surface area contributed by atoms with Gasteiger partial charge in [-0.05, 0) is 30.7 Å². The molecule has 0 saturated carbocycles. The Bertz CT molecular complexity index is 390. The van der Waals surface area contributed by atoms with Gasteiger partial charge in [0.2, 0.25) is 5.78 Å². The molecule has 1 aromatic carbocycles. The van der Waals surface area contributed by atoms with E-state index in [4.69, 9.17) is 11.6 Å². The summed E-state index contributed by atoms with van der Waals surface area (Å²) in [6.45, 7) is 1.06. The van der Waals surface area contributed by atoms with E-state index in [0.29, 0.717) is 10.6 Å². The van der Waals surface area contributed by atoms with Gasteiger partial charge in [-0.25, -0.2) is 0 Å². The zero-order valence-corrected chi connectivity index (χ0v) is 8.25. The minimum atomic E-state index is -0.679. The molecule has 0 saturated heterocycles. The summed E-state index contributed by atoms with van der Waals surface area (Å²) in [6, 6.07) is 4.60. The third-order valence-electron chi connectivity index (χ3n) is 1.75. The Hall–Kier alpha value is -1.42. The predicted molar refractivity (Wildman–Crippen MR) is 52.4 cm³/mol. The third kappa shape index (κ3) is 2.53. The van der Waals surface area contributed by atoms with E-state index >= 15 is 0 Å². The molecular formula is C9H8ClNO3. The number of halogens is 1. The second-order valence-electron chi connectivity index (χ2n) is 2.88. The number of aryl methyl sites for hydroxylation is 1. The maximum absolute atomic E-state index is 11.2. The summed E-state index contributed by atoms with van der Waals surface area (Å²) in [5, 5.41) is 10.6. The van der Waals surface area contributed by atoms with Gasteiger partial charge in [-0.1, -0.05) is 11.6 Å². The van der Waals surface area contributed by atoms with E-state index in [-0.39, 0.29) is 0 Å². The number of nitrogens with zero attached hydrogens (tertiary/aromatic N) is 1. The van der Waals surface area contributed by atoms with Crippen LogP contribution >= 0.6 is 11.6 Å². The molecule has 0 aliphatic heterocycles. The van der Waals surface area contributed by atoms with Crippen LogP contribution in [0.15, 0.2) is 18.2 Å². The van der Waals surface area contributed by atoms with Crippen molar-refractivity contribution in [1.82, 2.24) is 0 Å². The van der Waals surface area contributed by atoms with Gasteiger partial charge in [-0.3, -0.25) is 14.9 Å². The Balaban J connectivity index is 2.91. The number of carbonyl (C=O) groups is 1. The summed E-state index contributed by atoms with van der Waals surface area (Å²) in [5.74, 6) is -0.505. The second-order valence-corrected chi connectivity index (χ2v) is 3.29. The monoisotopic (exact) mass is 213 g/mol. The van der Waals surface area contributed by atoms with Gasteiger partial charge in [0.05, 0.1) is 0 Å². The van der Waals surface area contributed by atoms with Gasteiger partial charge in [-0.2, -0.15) is 0 Å². The third-order valence-corrected chi connectivity index (χ3v) is 2.18. The summed E-state index contributed by atoms with van der Waals surface area (Å²) in [6.07, 6.45) is 0. The summed E-state index contributed by atoms with van der Waals surface area (Å²) < 4.78 is 0. The quantitative estimate of drug-likeness (QED) is 0.439. The van der Waals surface area contributed by atoms with Gasteiger partial charge in [-0.15, -0.1) is 0 Å². The standard InChI is InChI=1S/C9H8ClNO3/c1-6-4-7(2-3-8(6)10)9(12)5-11(13)14/h2-4H,5H2,1H3. The first-order valence-corrected chi connectivity index (χ1v) is 4.29. The number of rotatable bonds is 3. The van der Waals surface area contributed by atoms with Gasteiger partial charge in [0.1, 0.15) is 0 Å². The molecule has 1 aromatic rings. The van der Waals surface area contributed by atoms with Crippen molar-refractivity contribution < 1.29 is 9.72 Å². The average Bonchev–Trinajstić information content (AvgIpc) is 2.08. The molecule has 0 heterocycles. The fourth-order valence-corrected chi connectivity index (χ4v) is 1.14. The number of hydrogen-bond acceptors (Lipinski definition) is 3. The lowest BCUT2D eigenvalue weighted by Gasteiger charge is -2.00. The zero-order chi connectivity index (χ0) is 10.7. The highest BCUT2D eigenvalue weighted by atomic mass is 35.5. The molecule has 0 radical (unpaired) electrons. The first-order valence-electron chi connectivity index (χ1n) is 3.92. The number of hydrogen-bond donors (Lipinski definition) is 0. The van der Waals surface area contributed by atoms with E-state index < -0.39 is 17.3 Å².